The van der Waals surface area contributed by atoms with Crippen molar-refractivity contribution < 1.29 is 0 Å². The topological polar surface area (TPSA) is 6.48 Å². The summed E-state index contributed by atoms with van der Waals surface area (Å²) in [6.07, 6.45) is 1.37. The molecule has 0 radical (unpaired) electrons. The SMILES string of the molecule is CC(C)N1CC2(CCN2c2ccccc2)C1. The van der Waals surface area contributed by atoms with Gasteiger partial charge in [-0.15, -0.1) is 0 Å². The van der Waals surface area contributed by atoms with Crippen molar-refractivity contribution in [2.24, 2.45) is 0 Å². The second kappa shape index (κ2) is 3.49. The molecule has 0 atom stereocenters. The van der Waals surface area contributed by atoms with E-state index in [4.69, 9.17) is 0 Å². The monoisotopic (exact) mass is 216 g/mol. The Labute approximate surface area is 97.9 Å². The second-order valence-corrected chi connectivity index (χ2v) is 5.46. The minimum atomic E-state index is 0.478. The summed E-state index contributed by atoms with van der Waals surface area (Å²) in [5.74, 6) is 0. The zero-order valence-electron chi connectivity index (χ0n) is 10.2. The number of anilines is 1. The van der Waals surface area contributed by atoms with Gasteiger partial charge in [-0.3, -0.25) is 4.90 Å². The lowest BCUT2D eigenvalue weighted by Gasteiger charge is -2.64. The van der Waals surface area contributed by atoms with Gasteiger partial charge in [0.1, 0.15) is 0 Å². The average molecular weight is 216 g/mol. The Morgan fingerprint density at radius 1 is 1.12 bits per heavy atom. The third-order valence-corrected chi connectivity index (χ3v) is 4.17. The highest BCUT2D eigenvalue weighted by Crippen LogP contribution is 2.42. The van der Waals surface area contributed by atoms with E-state index in [1.807, 2.05) is 0 Å². The lowest BCUT2D eigenvalue weighted by atomic mass is 9.76. The van der Waals surface area contributed by atoms with Crippen molar-refractivity contribution in [2.75, 3.05) is 24.5 Å². The molecule has 2 heterocycles. The fourth-order valence-corrected chi connectivity index (χ4v) is 2.95. The van der Waals surface area contributed by atoms with Crippen molar-refractivity contribution in [2.45, 2.75) is 31.8 Å². The van der Waals surface area contributed by atoms with Gasteiger partial charge in [-0.25, -0.2) is 0 Å². The molecule has 2 saturated heterocycles. The first-order valence-corrected chi connectivity index (χ1v) is 6.28. The van der Waals surface area contributed by atoms with Crippen molar-refractivity contribution in [3.8, 4) is 0 Å². The number of benzene rings is 1. The van der Waals surface area contributed by atoms with E-state index in [0.29, 0.717) is 11.6 Å². The molecule has 2 heteroatoms. The third kappa shape index (κ3) is 1.36. The summed E-state index contributed by atoms with van der Waals surface area (Å²) in [6, 6.07) is 11.5. The summed E-state index contributed by atoms with van der Waals surface area (Å²) in [7, 11) is 0. The van der Waals surface area contributed by atoms with E-state index in [9.17, 15) is 0 Å². The molecule has 86 valence electrons. The summed E-state index contributed by atoms with van der Waals surface area (Å²) in [5.41, 5.74) is 1.88. The van der Waals surface area contributed by atoms with Crippen LogP contribution in [0.4, 0.5) is 5.69 Å². The molecule has 2 aliphatic heterocycles. The molecule has 0 unspecified atom stereocenters. The average Bonchev–Trinajstić information content (AvgIpc) is 2.15. The molecule has 1 spiro atoms. The molecule has 1 aromatic rings. The van der Waals surface area contributed by atoms with Gasteiger partial charge in [-0.05, 0) is 32.4 Å². The lowest BCUT2D eigenvalue weighted by molar-refractivity contribution is 0.00233. The molecule has 3 rings (SSSR count). The molecule has 1 aromatic carbocycles. The summed E-state index contributed by atoms with van der Waals surface area (Å²) < 4.78 is 0. The molecule has 16 heavy (non-hydrogen) atoms. The summed E-state index contributed by atoms with van der Waals surface area (Å²) in [5, 5.41) is 0. The molecule has 2 aliphatic rings. The Morgan fingerprint density at radius 2 is 1.81 bits per heavy atom. The van der Waals surface area contributed by atoms with Crippen LogP contribution in [0.3, 0.4) is 0 Å². The zero-order chi connectivity index (χ0) is 11.2. The van der Waals surface area contributed by atoms with Gasteiger partial charge in [-0.1, -0.05) is 18.2 Å². The van der Waals surface area contributed by atoms with E-state index in [1.165, 1.54) is 31.7 Å². The standard InChI is InChI=1S/C14H20N2/c1-12(2)15-10-14(11-15)8-9-16(14)13-6-4-3-5-7-13/h3-7,12H,8-11H2,1-2H3. The van der Waals surface area contributed by atoms with Crippen LogP contribution < -0.4 is 4.90 Å². The molecule has 2 fully saturated rings. The minimum Gasteiger partial charge on any atom is -0.363 e. The van der Waals surface area contributed by atoms with Gasteiger partial charge in [0, 0.05) is 31.4 Å². The maximum atomic E-state index is 2.59. The van der Waals surface area contributed by atoms with E-state index >= 15 is 0 Å². The molecular weight excluding hydrogens is 196 g/mol. The first kappa shape index (κ1) is 10.2. The Bertz CT molecular complexity index is 366. The van der Waals surface area contributed by atoms with Crippen LogP contribution in [-0.4, -0.2) is 36.1 Å². The van der Waals surface area contributed by atoms with Gasteiger partial charge < -0.3 is 4.90 Å². The summed E-state index contributed by atoms with van der Waals surface area (Å²) in [4.78, 5) is 5.15. The van der Waals surface area contributed by atoms with Crippen LogP contribution in [-0.2, 0) is 0 Å². The molecule has 0 amide bonds. The number of hydrogen-bond acceptors (Lipinski definition) is 2. The van der Waals surface area contributed by atoms with Gasteiger partial charge >= 0.3 is 0 Å². The Hall–Kier alpha value is -1.02. The molecule has 0 N–H and O–H groups in total. The maximum absolute atomic E-state index is 2.59. The Kier molecular flexibility index (Phi) is 2.21. The quantitative estimate of drug-likeness (QED) is 0.749. The predicted octanol–water partition coefficient (Wildman–Crippen LogP) is 2.36. The normalized spacial score (nSPS) is 23.3. The number of rotatable bonds is 2. The smallest absolute Gasteiger partial charge is 0.0672 e. The highest BCUT2D eigenvalue weighted by Gasteiger charge is 2.53. The van der Waals surface area contributed by atoms with Crippen LogP contribution in [0.25, 0.3) is 0 Å². The second-order valence-electron chi connectivity index (χ2n) is 5.46. The first-order valence-electron chi connectivity index (χ1n) is 6.28. The van der Waals surface area contributed by atoms with Crippen molar-refractivity contribution in [3.63, 3.8) is 0 Å². The van der Waals surface area contributed by atoms with Crippen molar-refractivity contribution >= 4 is 5.69 Å². The van der Waals surface area contributed by atoms with Gasteiger partial charge in [0.05, 0.1) is 5.54 Å². The molecule has 2 nitrogen and oxygen atoms in total. The number of likely N-dealkylation sites (tertiary alicyclic amines) is 1. The Morgan fingerprint density at radius 3 is 2.31 bits per heavy atom. The van der Waals surface area contributed by atoms with Crippen LogP contribution in [0, 0.1) is 0 Å². The fourth-order valence-electron chi connectivity index (χ4n) is 2.95. The number of nitrogens with zero attached hydrogens (tertiary/aromatic N) is 2. The van der Waals surface area contributed by atoms with Crippen LogP contribution in [0.2, 0.25) is 0 Å². The summed E-state index contributed by atoms with van der Waals surface area (Å²) in [6.45, 7) is 8.31. The summed E-state index contributed by atoms with van der Waals surface area (Å²) >= 11 is 0. The Balaban J connectivity index is 1.72. The molecule has 0 saturated carbocycles. The molecule has 0 aliphatic carbocycles. The van der Waals surface area contributed by atoms with Crippen LogP contribution in [0.15, 0.2) is 30.3 Å². The van der Waals surface area contributed by atoms with Crippen LogP contribution in [0.1, 0.15) is 20.3 Å². The maximum Gasteiger partial charge on any atom is 0.0672 e. The van der Waals surface area contributed by atoms with Crippen molar-refractivity contribution in [1.29, 1.82) is 0 Å². The highest BCUT2D eigenvalue weighted by molar-refractivity contribution is 5.53. The van der Waals surface area contributed by atoms with Crippen LogP contribution in [0.5, 0.6) is 0 Å². The first-order chi connectivity index (χ1) is 7.71. The van der Waals surface area contributed by atoms with Gasteiger partial charge in [0.2, 0.25) is 0 Å². The largest absolute Gasteiger partial charge is 0.363 e. The van der Waals surface area contributed by atoms with Gasteiger partial charge in [-0.2, -0.15) is 0 Å². The van der Waals surface area contributed by atoms with E-state index in [1.54, 1.807) is 0 Å². The highest BCUT2D eigenvalue weighted by atomic mass is 15.4. The van der Waals surface area contributed by atoms with Crippen molar-refractivity contribution in [3.05, 3.63) is 30.3 Å². The van der Waals surface area contributed by atoms with E-state index < -0.39 is 0 Å². The third-order valence-electron chi connectivity index (χ3n) is 4.17. The van der Waals surface area contributed by atoms with Gasteiger partial charge in [0.25, 0.3) is 0 Å². The van der Waals surface area contributed by atoms with Crippen molar-refractivity contribution in [1.82, 2.24) is 4.90 Å². The van der Waals surface area contributed by atoms with Crippen LogP contribution >= 0.6 is 0 Å². The predicted molar refractivity (Wildman–Crippen MR) is 67.8 cm³/mol. The minimum absolute atomic E-state index is 0.478. The van der Waals surface area contributed by atoms with E-state index in [2.05, 4.69) is 54.0 Å². The number of hydrogen-bond donors (Lipinski definition) is 0. The fraction of sp³-hybridized carbons (Fsp3) is 0.571. The molecular formula is C14H20N2. The van der Waals surface area contributed by atoms with Gasteiger partial charge in [0.15, 0.2) is 0 Å². The van der Waals surface area contributed by atoms with E-state index in [-0.39, 0.29) is 0 Å². The lowest BCUT2D eigenvalue weighted by Crippen LogP contribution is -2.78. The molecule has 0 bridgehead atoms. The number of para-hydroxylation sites is 1. The zero-order valence-corrected chi connectivity index (χ0v) is 10.2. The van der Waals surface area contributed by atoms with E-state index in [0.717, 1.165) is 0 Å². The molecule has 0 aromatic heterocycles.